The second-order valence-corrected chi connectivity index (χ2v) is 6.67. The molecule has 1 saturated carbocycles. The number of rotatable bonds is 1. The van der Waals surface area contributed by atoms with Crippen molar-refractivity contribution in [2.45, 2.75) is 44.6 Å². The van der Waals surface area contributed by atoms with E-state index >= 15 is 0 Å². The summed E-state index contributed by atoms with van der Waals surface area (Å²) in [7, 11) is 0. The zero-order valence-corrected chi connectivity index (χ0v) is 11.6. The van der Waals surface area contributed by atoms with Crippen LogP contribution >= 0.6 is 15.9 Å². The van der Waals surface area contributed by atoms with Crippen molar-refractivity contribution in [1.82, 2.24) is 0 Å². The summed E-state index contributed by atoms with van der Waals surface area (Å²) in [6, 6.07) is 3.92. The lowest BCUT2D eigenvalue weighted by Crippen LogP contribution is -2.21. The first kappa shape index (κ1) is 11.9. The van der Waals surface area contributed by atoms with E-state index in [1.807, 2.05) is 12.1 Å². The Morgan fingerprint density at radius 3 is 2.31 bits per heavy atom. The average molecular weight is 284 g/mol. The van der Waals surface area contributed by atoms with Crippen LogP contribution in [-0.4, -0.2) is 5.11 Å². The van der Waals surface area contributed by atoms with Gasteiger partial charge in [0.05, 0.1) is 0 Å². The first-order valence-electron chi connectivity index (χ1n) is 5.56. The van der Waals surface area contributed by atoms with Gasteiger partial charge in [0.1, 0.15) is 5.75 Å². The largest absolute Gasteiger partial charge is 0.507 e. The summed E-state index contributed by atoms with van der Waals surface area (Å²) in [4.78, 5) is 0. The van der Waals surface area contributed by atoms with Crippen molar-refractivity contribution in [3.05, 3.63) is 27.7 Å². The minimum absolute atomic E-state index is 0.0755. The maximum Gasteiger partial charge on any atom is 0.124 e. The van der Waals surface area contributed by atoms with Crippen LogP contribution in [0.3, 0.4) is 0 Å². The Kier molecular flexibility index (Phi) is 2.59. The van der Waals surface area contributed by atoms with Crippen molar-refractivity contribution in [3.8, 4) is 5.75 Å². The van der Waals surface area contributed by atoms with Crippen LogP contribution in [-0.2, 0) is 11.0 Å². The summed E-state index contributed by atoms with van der Waals surface area (Å²) < 4.78 is 0.988. The third kappa shape index (κ3) is 1.98. The van der Waals surface area contributed by atoms with Gasteiger partial charge in [-0.1, -0.05) is 36.7 Å². The predicted molar refractivity (Wildman–Crippen MR) is 69.6 cm³/mol. The van der Waals surface area contributed by atoms with E-state index in [2.05, 4.69) is 36.7 Å². The molecule has 0 spiro atoms. The summed E-state index contributed by atoms with van der Waals surface area (Å²) >= 11 is 3.49. The molecule has 2 nitrogen and oxygen atoms in total. The Bertz CT molecular complexity index is 404. The minimum atomic E-state index is -0.298. The van der Waals surface area contributed by atoms with Gasteiger partial charge in [-0.15, -0.1) is 0 Å². The third-order valence-electron chi connectivity index (χ3n) is 3.21. The monoisotopic (exact) mass is 283 g/mol. The number of halogens is 1. The molecule has 16 heavy (non-hydrogen) atoms. The lowest BCUT2D eigenvalue weighted by atomic mass is 9.84. The summed E-state index contributed by atoms with van der Waals surface area (Å²) in [5.41, 5.74) is 7.63. The maximum atomic E-state index is 10.3. The molecule has 0 radical (unpaired) electrons. The summed E-state index contributed by atoms with van der Waals surface area (Å²) in [6.45, 7) is 6.27. The molecule has 0 bridgehead atoms. The van der Waals surface area contributed by atoms with E-state index in [0.717, 1.165) is 28.4 Å². The van der Waals surface area contributed by atoms with E-state index in [4.69, 9.17) is 5.73 Å². The highest BCUT2D eigenvalue weighted by Crippen LogP contribution is 2.49. The highest BCUT2D eigenvalue weighted by atomic mass is 79.9. The molecule has 3 heteroatoms. The van der Waals surface area contributed by atoms with Crippen LogP contribution in [0, 0.1) is 0 Å². The van der Waals surface area contributed by atoms with Gasteiger partial charge in [0, 0.05) is 21.1 Å². The van der Waals surface area contributed by atoms with Gasteiger partial charge in [-0.05, 0) is 30.4 Å². The van der Waals surface area contributed by atoms with Crippen molar-refractivity contribution in [2.24, 2.45) is 5.73 Å². The standard InChI is InChI=1S/C13H18BrNO/c1-12(2,3)9-6-8(14)7-10(11(9)16)13(15)4-5-13/h6-7,16H,4-5,15H2,1-3H3. The van der Waals surface area contributed by atoms with Gasteiger partial charge >= 0.3 is 0 Å². The van der Waals surface area contributed by atoms with E-state index < -0.39 is 0 Å². The van der Waals surface area contributed by atoms with Crippen LogP contribution in [0.25, 0.3) is 0 Å². The SMILES string of the molecule is CC(C)(C)c1cc(Br)cc(C2(N)CC2)c1O. The molecule has 0 aromatic heterocycles. The van der Waals surface area contributed by atoms with E-state index in [1.165, 1.54) is 0 Å². The number of hydrogen-bond acceptors (Lipinski definition) is 2. The van der Waals surface area contributed by atoms with Crippen LogP contribution in [0.4, 0.5) is 0 Å². The molecule has 0 saturated heterocycles. The van der Waals surface area contributed by atoms with Crippen LogP contribution in [0.15, 0.2) is 16.6 Å². The van der Waals surface area contributed by atoms with Gasteiger partial charge in [0.25, 0.3) is 0 Å². The fourth-order valence-electron chi connectivity index (χ4n) is 1.95. The van der Waals surface area contributed by atoms with Crippen LogP contribution in [0.2, 0.25) is 0 Å². The van der Waals surface area contributed by atoms with Gasteiger partial charge in [-0.2, -0.15) is 0 Å². The van der Waals surface area contributed by atoms with Gasteiger partial charge in [0.15, 0.2) is 0 Å². The molecule has 0 atom stereocenters. The Balaban J connectivity index is 2.60. The summed E-state index contributed by atoms with van der Waals surface area (Å²) in [5, 5.41) is 10.3. The van der Waals surface area contributed by atoms with Crippen molar-refractivity contribution in [2.75, 3.05) is 0 Å². The zero-order valence-electron chi connectivity index (χ0n) is 9.97. The van der Waals surface area contributed by atoms with Crippen molar-refractivity contribution in [3.63, 3.8) is 0 Å². The number of nitrogens with two attached hydrogens (primary N) is 1. The highest BCUT2D eigenvalue weighted by Gasteiger charge is 2.43. The van der Waals surface area contributed by atoms with E-state index in [1.54, 1.807) is 0 Å². The van der Waals surface area contributed by atoms with Gasteiger partial charge < -0.3 is 10.8 Å². The fraction of sp³-hybridized carbons (Fsp3) is 0.538. The number of aromatic hydroxyl groups is 1. The lowest BCUT2D eigenvalue weighted by molar-refractivity contribution is 0.433. The van der Waals surface area contributed by atoms with Crippen LogP contribution in [0.1, 0.15) is 44.7 Å². The minimum Gasteiger partial charge on any atom is -0.507 e. The first-order valence-corrected chi connectivity index (χ1v) is 6.36. The molecular weight excluding hydrogens is 266 g/mol. The van der Waals surface area contributed by atoms with Gasteiger partial charge in [-0.25, -0.2) is 0 Å². The molecule has 1 aromatic carbocycles. The topological polar surface area (TPSA) is 46.2 Å². The van der Waals surface area contributed by atoms with Crippen molar-refractivity contribution < 1.29 is 5.11 Å². The van der Waals surface area contributed by atoms with Crippen molar-refractivity contribution in [1.29, 1.82) is 0 Å². The van der Waals surface area contributed by atoms with Gasteiger partial charge in [-0.3, -0.25) is 0 Å². The maximum absolute atomic E-state index is 10.3. The molecule has 1 aliphatic carbocycles. The van der Waals surface area contributed by atoms with E-state index in [-0.39, 0.29) is 11.0 Å². The number of benzene rings is 1. The molecule has 3 N–H and O–H groups in total. The molecule has 1 fully saturated rings. The molecule has 0 amide bonds. The quantitative estimate of drug-likeness (QED) is 0.830. The molecule has 2 rings (SSSR count). The second-order valence-electron chi connectivity index (χ2n) is 5.76. The summed E-state index contributed by atoms with van der Waals surface area (Å²) in [5.74, 6) is 0.371. The number of hydrogen-bond donors (Lipinski definition) is 2. The number of phenolic OH excluding ortho intramolecular Hbond substituents is 1. The average Bonchev–Trinajstić information content (AvgIpc) is 2.86. The van der Waals surface area contributed by atoms with E-state index in [9.17, 15) is 5.11 Å². The normalized spacial score (nSPS) is 18.6. The molecule has 0 heterocycles. The first-order chi connectivity index (χ1) is 7.24. The van der Waals surface area contributed by atoms with Crippen LogP contribution < -0.4 is 5.73 Å². The predicted octanol–water partition coefficient (Wildman–Crippen LogP) is 3.40. The second kappa shape index (κ2) is 3.47. The molecule has 1 aromatic rings. The fourth-order valence-corrected chi connectivity index (χ4v) is 2.41. The highest BCUT2D eigenvalue weighted by molar-refractivity contribution is 9.10. The summed E-state index contributed by atoms with van der Waals surface area (Å²) in [6.07, 6.45) is 1.92. The third-order valence-corrected chi connectivity index (χ3v) is 3.67. The van der Waals surface area contributed by atoms with Crippen LogP contribution in [0.5, 0.6) is 5.75 Å². The molecule has 1 aliphatic rings. The Morgan fingerprint density at radius 2 is 1.88 bits per heavy atom. The van der Waals surface area contributed by atoms with E-state index in [0.29, 0.717) is 5.75 Å². The van der Waals surface area contributed by atoms with Crippen molar-refractivity contribution >= 4 is 15.9 Å². The Hall–Kier alpha value is -0.540. The molecular formula is C13H18BrNO. The zero-order chi connectivity index (χ0) is 12.1. The number of phenols is 1. The lowest BCUT2D eigenvalue weighted by Gasteiger charge is -2.24. The molecule has 0 unspecified atom stereocenters. The van der Waals surface area contributed by atoms with Gasteiger partial charge in [0.2, 0.25) is 0 Å². The smallest absolute Gasteiger partial charge is 0.124 e. The Labute approximate surface area is 105 Å². The Morgan fingerprint density at radius 1 is 1.31 bits per heavy atom. The molecule has 88 valence electrons. The molecule has 0 aliphatic heterocycles.